The first kappa shape index (κ1) is 13.5. The lowest BCUT2D eigenvalue weighted by Gasteiger charge is -2.08. The van der Waals surface area contributed by atoms with Gasteiger partial charge in [0, 0.05) is 17.3 Å². The summed E-state index contributed by atoms with van der Waals surface area (Å²) < 4.78 is 1.72. The molecule has 0 atom stereocenters. The van der Waals surface area contributed by atoms with Crippen LogP contribution >= 0.6 is 11.8 Å². The van der Waals surface area contributed by atoms with Crippen LogP contribution in [0.15, 0.2) is 46.3 Å². The summed E-state index contributed by atoms with van der Waals surface area (Å²) >= 11 is 1.49. The minimum absolute atomic E-state index is 0.261. The van der Waals surface area contributed by atoms with Crippen molar-refractivity contribution < 1.29 is 5.11 Å². The molecule has 0 saturated carbocycles. The molecule has 1 heterocycles. The predicted octanol–water partition coefficient (Wildman–Crippen LogP) is 3.61. The first-order chi connectivity index (χ1) is 10.1. The van der Waals surface area contributed by atoms with Gasteiger partial charge >= 0.3 is 0 Å². The molecule has 0 spiro atoms. The van der Waals surface area contributed by atoms with Crippen LogP contribution in [0.4, 0.5) is 0 Å². The second-order valence-corrected chi connectivity index (χ2v) is 5.76. The van der Waals surface area contributed by atoms with Crippen molar-refractivity contribution in [3.63, 3.8) is 0 Å². The molecule has 3 rings (SSSR count). The number of rotatable bonds is 2. The van der Waals surface area contributed by atoms with Gasteiger partial charge in [-0.3, -0.25) is 4.68 Å². The maximum absolute atomic E-state index is 9.94. The second kappa shape index (κ2) is 5.15. The van der Waals surface area contributed by atoms with Crippen LogP contribution in [-0.4, -0.2) is 14.9 Å². The molecule has 0 aliphatic rings. The Labute approximate surface area is 126 Å². The van der Waals surface area contributed by atoms with Crippen molar-refractivity contribution in [3.8, 4) is 11.8 Å². The van der Waals surface area contributed by atoms with Crippen molar-refractivity contribution in [3.05, 3.63) is 47.7 Å². The van der Waals surface area contributed by atoms with Crippen LogP contribution in [0.3, 0.4) is 0 Å². The van der Waals surface area contributed by atoms with E-state index in [2.05, 4.69) is 11.2 Å². The minimum Gasteiger partial charge on any atom is -0.507 e. The van der Waals surface area contributed by atoms with Gasteiger partial charge in [-0.05, 0) is 24.4 Å². The molecule has 0 aliphatic carbocycles. The molecule has 0 amide bonds. The number of phenols is 1. The zero-order chi connectivity index (χ0) is 15.0. The fourth-order valence-electron chi connectivity index (χ4n) is 2.33. The smallest absolute Gasteiger partial charge is 0.123 e. The quantitative estimate of drug-likeness (QED) is 0.784. The summed E-state index contributed by atoms with van der Waals surface area (Å²) in [6.45, 7) is 1.83. The van der Waals surface area contributed by atoms with E-state index in [4.69, 9.17) is 0 Å². The van der Waals surface area contributed by atoms with Gasteiger partial charge in [0.1, 0.15) is 22.4 Å². The van der Waals surface area contributed by atoms with E-state index in [0.29, 0.717) is 5.56 Å². The number of hydrogen-bond acceptors (Lipinski definition) is 4. The molecule has 2 aromatic carbocycles. The van der Waals surface area contributed by atoms with E-state index in [-0.39, 0.29) is 5.75 Å². The van der Waals surface area contributed by atoms with Crippen molar-refractivity contribution in [2.75, 3.05) is 0 Å². The van der Waals surface area contributed by atoms with E-state index in [0.717, 1.165) is 26.4 Å². The minimum atomic E-state index is 0.261. The van der Waals surface area contributed by atoms with Gasteiger partial charge < -0.3 is 5.11 Å². The Balaban J connectivity index is 2.16. The topological polar surface area (TPSA) is 61.8 Å². The van der Waals surface area contributed by atoms with E-state index < -0.39 is 0 Å². The fraction of sp³-hybridized carbons (Fsp3) is 0.125. The molecule has 0 saturated heterocycles. The molecular weight excluding hydrogens is 282 g/mol. The molecule has 0 fully saturated rings. The molecule has 104 valence electrons. The summed E-state index contributed by atoms with van der Waals surface area (Å²) in [5.74, 6) is 0.261. The van der Waals surface area contributed by atoms with E-state index >= 15 is 0 Å². The SMILES string of the molecule is Cc1nn(C)c(Sc2ccc(O)c3ccccc23)c1C#N. The van der Waals surface area contributed by atoms with E-state index in [1.807, 2.05) is 44.3 Å². The molecule has 5 heteroatoms. The molecular formula is C16H13N3OS. The number of aryl methyl sites for hydroxylation is 2. The van der Waals surface area contributed by atoms with Crippen LogP contribution in [0.25, 0.3) is 10.8 Å². The number of phenolic OH excluding ortho intramolecular Hbond substituents is 1. The van der Waals surface area contributed by atoms with Gasteiger partial charge in [0.2, 0.25) is 0 Å². The van der Waals surface area contributed by atoms with E-state index in [1.54, 1.807) is 10.7 Å². The van der Waals surface area contributed by atoms with Crippen molar-refractivity contribution in [2.45, 2.75) is 16.8 Å². The Morgan fingerprint density at radius 3 is 2.62 bits per heavy atom. The van der Waals surface area contributed by atoms with Crippen LogP contribution < -0.4 is 0 Å². The number of hydrogen-bond donors (Lipinski definition) is 1. The zero-order valence-electron chi connectivity index (χ0n) is 11.7. The summed E-state index contributed by atoms with van der Waals surface area (Å²) in [6, 6.07) is 13.4. The molecule has 1 aromatic heterocycles. The summed E-state index contributed by atoms with van der Waals surface area (Å²) in [5, 5.41) is 26.1. The van der Waals surface area contributed by atoms with Gasteiger partial charge in [0.05, 0.1) is 5.69 Å². The summed E-state index contributed by atoms with van der Waals surface area (Å²) in [5.41, 5.74) is 1.32. The van der Waals surface area contributed by atoms with Crippen molar-refractivity contribution in [1.82, 2.24) is 9.78 Å². The lowest BCUT2D eigenvalue weighted by Crippen LogP contribution is -1.93. The number of nitriles is 1. The first-order valence-electron chi connectivity index (χ1n) is 6.44. The summed E-state index contributed by atoms with van der Waals surface area (Å²) in [4.78, 5) is 0.989. The average Bonchev–Trinajstić information content (AvgIpc) is 2.76. The number of fused-ring (bicyclic) bond motifs is 1. The lowest BCUT2D eigenvalue weighted by atomic mass is 10.1. The Kier molecular flexibility index (Phi) is 3.32. The van der Waals surface area contributed by atoms with Crippen LogP contribution in [0.5, 0.6) is 5.75 Å². The molecule has 3 aromatic rings. The number of aromatic hydroxyl groups is 1. The third-order valence-electron chi connectivity index (χ3n) is 3.35. The van der Waals surface area contributed by atoms with Gasteiger partial charge in [0.15, 0.2) is 0 Å². The molecule has 1 N–H and O–H groups in total. The van der Waals surface area contributed by atoms with E-state index in [9.17, 15) is 10.4 Å². The molecule has 0 aliphatic heterocycles. The Hall–Kier alpha value is -2.45. The highest BCUT2D eigenvalue weighted by Gasteiger charge is 2.15. The van der Waals surface area contributed by atoms with Crippen molar-refractivity contribution in [1.29, 1.82) is 5.26 Å². The summed E-state index contributed by atoms with van der Waals surface area (Å²) in [6.07, 6.45) is 0. The Morgan fingerprint density at radius 1 is 1.19 bits per heavy atom. The average molecular weight is 295 g/mol. The molecule has 0 bridgehead atoms. The normalized spacial score (nSPS) is 10.7. The fourth-order valence-corrected chi connectivity index (χ4v) is 3.43. The largest absolute Gasteiger partial charge is 0.507 e. The van der Waals surface area contributed by atoms with Crippen LogP contribution in [-0.2, 0) is 7.05 Å². The second-order valence-electron chi connectivity index (χ2n) is 4.73. The highest BCUT2D eigenvalue weighted by molar-refractivity contribution is 7.99. The van der Waals surface area contributed by atoms with Gasteiger partial charge in [-0.2, -0.15) is 10.4 Å². The Bertz CT molecular complexity index is 877. The lowest BCUT2D eigenvalue weighted by molar-refractivity contribution is 0.481. The van der Waals surface area contributed by atoms with Crippen LogP contribution in [0, 0.1) is 18.3 Å². The number of nitrogens with zero attached hydrogens (tertiary/aromatic N) is 3. The summed E-state index contributed by atoms with van der Waals surface area (Å²) in [7, 11) is 1.83. The van der Waals surface area contributed by atoms with Gasteiger partial charge in [0.25, 0.3) is 0 Å². The van der Waals surface area contributed by atoms with Crippen molar-refractivity contribution >= 4 is 22.5 Å². The standard InChI is InChI=1S/C16H13N3OS/c1-10-13(9-17)16(19(2)18-10)21-15-8-7-14(20)11-5-3-4-6-12(11)15/h3-8,20H,1-2H3. The zero-order valence-corrected chi connectivity index (χ0v) is 12.5. The van der Waals surface area contributed by atoms with Gasteiger partial charge in [-0.25, -0.2) is 0 Å². The number of benzene rings is 2. The predicted molar refractivity (Wildman–Crippen MR) is 82.4 cm³/mol. The van der Waals surface area contributed by atoms with Gasteiger partial charge in [-0.1, -0.05) is 36.0 Å². The van der Waals surface area contributed by atoms with Crippen LogP contribution in [0.1, 0.15) is 11.3 Å². The third-order valence-corrected chi connectivity index (χ3v) is 4.59. The van der Waals surface area contributed by atoms with E-state index in [1.165, 1.54) is 11.8 Å². The molecule has 21 heavy (non-hydrogen) atoms. The Morgan fingerprint density at radius 2 is 1.90 bits per heavy atom. The van der Waals surface area contributed by atoms with Crippen LogP contribution in [0.2, 0.25) is 0 Å². The number of aromatic nitrogens is 2. The van der Waals surface area contributed by atoms with Gasteiger partial charge in [-0.15, -0.1) is 0 Å². The molecule has 0 radical (unpaired) electrons. The maximum atomic E-state index is 9.94. The molecule has 0 unspecified atom stereocenters. The molecule has 4 nitrogen and oxygen atoms in total. The van der Waals surface area contributed by atoms with Crippen molar-refractivity contribution in [2.24, 2.45) is 7.05 Å². The highest BCUT2D eigenvalue weighted by Crippen LogP contribution is 2.38. The first-order valence-corrected chi connectivity index (χ1v) is 7.25. The monoisotopic (exact) mass is 295 g/mol. The maximum Gasteiger partial charge on any atom is 0.123 e. The highest BCUT2D eigenvalue weighted by atomic mass is 32.2. The third kappa shape index (κ3) is 2.24.